The van der Waals surface area contributed by atoms with E-state index in [9.17, 15) is 5.11 Å². The van der Waals surface area contributed by atoms with E-state index in [2.05, 4.69) is 13.0 Å². The van der Waals surface area contributed by atoms with Gasteiger partial charge in [0, 0.05) is 0 Å². The lowest BCUT2D eigenvalue weighted by Gasteiger charge is -2.23. The Bertz CT molecular complexity index is 315. The maximum Gasteiger partial charge on any atom is 0.107 e. The highest BCUT2D eigenvalue weighted by Gasteiger charge is 2.22. The molecular formula is C15H22O. The molecular weight excluding hydrogens is 196 g/mol. The van der Waals surface area contributed by atoms with Crippen LogP contribution < -0.4 is 0 Å². The molecule has 1 rings (SSSR count). The van der Waals surface area contributed by atoms with Crippen molar-refractivity contribution in [2.24, 2.45) is 0 Å². The summed E-state index contributed by atoms with van der Waals surface area (Å²) in [6, 6.07) is 9.87. The number of aliphatic hydroxyl groups is 1. The molecule has 1 aromatic rings. The quantitative estimate of drug-likeness (QED) is 0.564. The standard InChI is InChI=1S/C15H22O/c1-3-5-6-10-13-15(16,4-2)14-11-8-7-9-12-14/h7-13,16H,3-6H2,1-2H3/b13-10+/t15-/m0/s1. The first-order chi connectivity index (χ1) is 7.73. The van der Waals surface area contributed by atoms with Crippen molar-refractivity contribution in [3.05, 3.63) is 48.0 Å². The highest BCUT2D eigenvalue weighted by atomic mass is 16.3. The largest absolute Gasteiger partial charge is 0.381 e. The summed E-state index contributed by atoms with van der Waals surface area (Å²) in [5, 5.41) is 10.5. The molecule has 0 fully saturated rings. The number of allylic oxidation sites excluding steroid dienone is 1. The predicted octanol–water partition coefficient (Wildman–Crippen LogP) is 4.03. The van der Waals surface area contributed by atoms with Crippen LogP contribution in [0, 0.1) is 0 Å². The van der Waals surface area contributed by atoms with Gasteiger partial charge in [-0.3, -0.25) is 0 Å². The van der Waals surface area contributed by atoms with E-state index >= 15 is 0 Å². The number of hydrogen-bond donors (Lipinski definition) is 1. The first-order valence-electron chi connectivity index (χ1n) is 6.18. The maximum absolute atomic E-state index is 10.5. The Balaban J connectivity index is 2.74. The SMILES string of the molecule is CCCC/C=C/[C@@](O)(CC)c1ccccc1. The fourth-order valence-corrected chi connectivity index (χ4v) is 1.75. The number of hydrogen-bond acceptors (Lipinski definition) is 1. The molecule has 0 aliphatic heterocycles. The van der Waals surface area contributed by atoms with Gasteiger partial charge in [-0.05, 0) is 18.4 Å². The third-order valence-electron chi connectivity index (χ3n) is 2.93. The summed E-state index contributed by atoms with van der Waals surface area (Å²) in [6.07, 6.45) is 8.18. The monoisotopic (exact) mass is 218 g/mol. The van der Waals surface area contributed by atoms with E-state index in [1.165, 1.54) is 12.8 Å². The van der Waals surface area contributed by atoms with Gasteiger partial charge in [0.2, 0.25) is 0 Å². The summed E-state index contributed by atoms with van der Waals surface area (Å²) in [7, 11) is 0. The van der Waals surface area contributed by atoms with Crippen LogP contribution in [-0.4, -0.2) is 5.11 Å². The van der Waals surface area contributed by atoms with E-state index in [0.29, 0.717) is 6.42 Å². The van der Waals surface area contributed by atoms with Gasteiger partial charge >= 0.3 is 0 Å². The second kappa shape index (κ2) is 6.49. The van der Waals surface area contributed by atoms with Gasteiger partial charge in [-0.2, -0.15) is 0 Å². The van der Waals surface area contributed by atoms with Gasteiger partial charge in [0.15, 0.2) is 0 Å². The van der Waals surface area contributed by atoms with Crippen LogP contribution in [-0.2, 0) is 5.60 Å². The lowest BCUT2D eigenvalue weighted by atomic mass is 9.90. The van der Waals surface area contributed by atoms with Crippen LogP contribution >= 0.6 is 0 Å². The molecule has 1 nitrogen and oxygen atoms in total. The molecule has 1 N–H and O–H groups in total. The fourth-order valence-electron chi connectivity index (χ4n) is 1.75. The number of unbranched alkanes of at least 4 members (excludes halogenated alkanes) is 2. The molecule has 0 unspecified atom stereocenters. The summed E-state index contributed by atoms with van der Waals surface area (Å²) < 4.78 is 0. The van der Waals surface area contributed by atoms with Crippen molar-refractivity contribution in [1.29, 1.82) is 0 Å². The van der Waals surface area contributed by atoms with E-state index in [4.69, 9.17) is 0 Å². The maximum atomic E-state index is 10.5. The average molecular weight is 218 g/mol. The van der Waals surface area contributed by atoms with Crippen molar-refractivity contribution in [3.63, 3.8) is 0 Å². The Hall–Kier alpha value is -1.08. The summed E-state index contributed by atoms with van der Waals surface area (Å²) in [5.41, 5.74) is 0.180. The van der Waals surface area contributed by atoms with Gasteiger partial charge in [-0.25, -0.2) is 0 Å². The molecule has 0 spiro atoms. The van der Waals surface area contributed by atoms with Crippen LogP contribution in [0.25, 0.3) is 0 Å². The Kier molecular flexibility index (Phi) is 5.27. The molecule has 0 saturated heterocycles. The second-order valence-electron chi connectivity index (χ2n) is 4.19. The van der Waals surface area contributed by atoms with Crippen LogP contribution in [0.5, 0.6) is 0 Å². The summed E-state index contributed by atoms with van der Waals surface area (Å²) >= 11 is 0. The van der Waals surface area contributed by atoms with Crippen molar-refractivity contribution in [2.75, 3.05) is 0 Å². The molecule has 1 atom stereocenters. The molecule has 88 valence electrons. The van der Waals surface area contributed by atoms with Gasteiger partial charge < -0.3 is 5.11 Å². The van der Waals surface area contributed by atoms with Crippen molar-refractivity contribution in [3.8, 4) is 0 Å². The Morgan fingerprint density at radius 3 is 2.44 bits per heavy atom. The lowest BCUT2D eigenvalue weighted by molar-refractivity contribution is 0.0849. The average Bonchev–Trinajstić information content (AvgIpc) is 2.35. The molecule has 0 heterocycles. The van der Waals surface area contributed by atoms with Crippen LogP contribution in [0.3, 0.4) is 0 Å². The normalized spacial score (nSPS) is 15.2. The van der Waals surface area contributed by atoms with E-state index in [1.54, 1.807) is 0 Å². The minimum atomic E-state index is -0.797. The minimum Gasteiger partial charge on any atom is -0.381 e. The smallest absolute Gasteiger partial charge is 0.107 e. The summed E-state index contributed by atoms with van der Waals surface area (Å²) in [4.78, 5) is 0. The zero-order chi connectivity index (χ0) is 11.9. The molecule has 0 aromatic heterocycles. The molecule has 0 bridgehead atoms. The van der Waals surface area contributed by atoms with Crippen LogP contribution in [0.15, 0.2) is 42.5 Å². The third-order valence-corrected chi connectivity index (χ3v) is 2.93. The Morgan fingerprint density at radius 2 is 1.88 bits per heavy atom. The first kappa shape index (κ1) is 13.0. The third kappa shape index (κ3) is 3.49. The summed E-state index contributed by atoms with van der Waals surface area (Å²) in [6.45, 7) is 4.19. The fraction of sp³-hybridized carbons (Fsp3) is 0.467. The van der Waals surface area contributed by atoms with Crippen LogP contribution in [0.4, 0.5) is 0 Å². The minimum absolute atomic E-state index is 0.708. The Labute approximate surface area is 98.8 Å². The molecule has 1 aromatic carbocycles. The number of rotatable bonds is 6. The van der Waals surface area contributed by atoms with Gasteiger partial charge in [0.05, 0.1) is 0 Å². The molecule has 1 heteroatoms. The van der Waals surface area contributed by atoms with E-state index in [-0.39, 0.29) is 0 Å². The molecule has 0 aliphatic rings. The highest BCUT2D eigenvalue weighted by molar-refractivity contribution is 5.26. The van der Waals surface area contributed by atoms with Crippen LogP contribution in [0.1, 0.15) is 45.1 Å². The molecule has 0 aliphatic carbocycles. The summed E-state index contributed by atoms with van der Waals surface area (Å²) in [5.74, 6) is 0. The topological polar surface area (TPSA) is 20.2 Å². The van der Waals surface area contributed by atoms with Crippen molar-refractivity contribution in [1.82, 2.24) is 0 Å². The highest BCUT2D eigenvalue weighted by Crippen LogP contribution is 2.26. The molecule has 0 radical (unpaired) electrons. The Morgan fingerprint density at radius 1 is 1.19 bits per heavy atom. The van der Waals surface area contributed by atoms with Gasteiger partial charge in [0.1, 0.15) is 5.60 Å². The van der Waals surface area contributed by atoms with Crippen molar-refractivity contribution < 1.29 is 5.11 Å². The zero-order valence-electron chi connectivity index (χ0n) is 10.3. The van der Waals surface area contributed by atoms with Gasteiger partial charge in [0.25, 0.3) is 0 Å². The molecule has 0 amide bonds. The lowest BCUT2D eigenvalue weighted by Crippen LogP contribution is -2.21. The van der Waals surface area contributed by atoms with Gasteiger partial charge in [-0.15, -0.1) is 0 Å². The van der Waals surface area contributed by atoms with Crippen molar-refractivity contribution in [2.45, 2.75) is 45.1 Å². The van der Waals surface area contributed by atoms with Gasteiger partial charge in [-0.1, -0.05) is 69.2 Å². The first-order valence-corrected chi connectivity index (χ1v) is 6.18. The van der Waals surface area contributed by atoms with Crippen LogP contribution in [0.2, 0.25) is 0 Å². The molecule has 16 heavy (non-hydrogen) atoms. The van der Waals surface area contributed by atoms with Crippen molar-refractivity contribution >= 4 is 0 Å². The van der Waals surface area contributed by atoms with E-state index < -0.39 is 5.60 Å². The zero-order valence-corrected chi connectivity index (χ0v) is 10.3. The predicted molar refractivity (Wildman–Crippen MR) is 69.3 cm³/mol. The molecule has 0 saturated carbocycles. The second-order valence-corrected chi connectivity index (χ2v) is 4.19. The number of benzene rings is 1. The van der Waals surface area contributed by atoms with E-state index in [0.717, 1.165) is 12.0 Å². The van der Waals surface area contributed by atoms with E-state index in [1.807, 2.05) is 43.3 Å².